The molecule has 0 saturated carbocycles. The molecule has 3 aliphatic rings. The quantitative estimate of drug-likeness (QED) is 0.119. The van der Waals surface area contributed by atoms with Crippen molar-refractivity contribution in [3.8, 4) is 23.0 Å². The van der Waals surface area contributed by atoms with E-state index in [1.165, 1.54) is 50.8 Å². The maximum absolute atomic E-state index is 14.1. The number of fused-ring (bicyclic) bond motifs is 3. The van der Waals surface area contributed by atoms with Gasteiger partial charge in [0.15, 0.2) is 35.4 Å². The number of aromatic nitrogens is 1. The van der Waals surface area contributed by atoms with Gasteiger partial charge in [-0.3, -0.25) is 9.80 Å². The van der Waals surface area contributed by atoms with Crippen LogP contribution in [0.25, 0.3) is 0 Å². The Morgan fingerprint density at radius 1 is 0.981 bits per heavy atom. The van der Waals surface area contributed by atoms with E-state index in [-0.39, 0.29) is 57.8 Å². The topological polar surface area (TPSA) is 145 Å². The van der Waals surface area contributed by atoms with Crippen molar-refractivity contribution in [3.63, 3.8) is 0 Å². The maximum Gasteiger partial charge on any atom is 0.415 e. The van der Waals surface area contributed by atoms with Gasteiger partial charge in [-0.25, -0.2) is 9.59 Å². The van der Waals surface area contributed by atoms with E-state index in [0.717, 1.165) is 25.9 Å². The van der Waals surface area contributed by atoms with Crippen molar-refractivity contribution in [2.75, 3.05) is 45.9 Å². The van der Waals surface area contributed by atoms with E-state index in [2.05, 4.69) is 4.90 Å². The Hall–Kier alpha value is -4.91. The van der Waals surface area contributed by atoms with Gasteiger partial charge in [0.05, 0.1) is 39.1 Å². The van der Waals surface area contributed by atoms with E-state index in [9.17, 15) is 25.0 Å². The number of aromatic carboxylic acids is 1. The number of carboxylic acid groups (broad SMARTS) is 1. The average molecular weight is 753 g/mol. The first-order valence-electron chi connectivity index (χ1n) is 16.7. The standard InChI is InChI=1S/C38H39Cl2N3O9/c1-49-33-10-8-24(16-34(33)50-2)26(17-28-29(39)19-42(48)20-30(28)40)27-15-22(7-9-25(27)37(45)46)18-43(31-5-4-6-32(44)36(31)51-3)38(47)52-35-21-41-13-11-23(35)12-14-41/h4-10,15-16,19-20,23,26,35,44H,11-14,17-18,21H2,1-3H3,(H,45,46)/t26-,35-/m0/s1. The lowest BCUT2D eigenvalue weighted by molar-refractivity contribution is -0.605. The molecule has 0 spiro atoms. The van der Waals surface area contributed by atoms with Crippen molar-refractivity contribution in [2.24, 2.45) is 5.92 Å². The number of phenols is 1. The van der Waals surface area contributed by atoms with E-state index in [1.807, 2.05) is 0 Å². The first-order chi connectivity index (χ1) is 25.0. The molecular formula is C38H39Cl2N3O9. The molecular weight excluding hydrogens is 713 g/mol. The van der Waals surface area contributed by atoms with E-state index >= 15 is 0 Å². The molecule has 2 N–H and O–H groups in total. The molecule has 3 saturated heterocycles. The number of amides is 1. The van der Waals surface area contributed by atoms with Gasteiger partial charge in [0, 0.05) is 18.0 Å². The highest BCUT2D eigenvalue weighted by Crippen LogP contribution is 2.41. The van der Waals surface area contributed by atoms with Crippen LogP contribution in [0.15, 0.2) is 67.0 Å². The monoisotopic (exact) mass is 751 g/mol. The Labute approximate surface area is 311 Å². The van der Waals surface area contributed by atoms with Crippen molar-refractivity contribution >= 4 is 41.0 Å². The average Bonchev–Trinajstić information content (AvgIpc) is 3.13. The van der Waals surface area contributed by atoms with Gasteiger partial charge in [0.25, 0.3) is 0 Å². The van der Waals surface area contributed by atoms with Gasteiger partial charge < -0.3 is 34.4 Å². The van der Waals surface area contributed by atoms with Gasteiger partial charge >= 0.3 is 12.1 Å². The van der Waals surface area contributed by atoms with Crippen LogP contribution >= 0.6 is 23.2 Å². The Morgan fingerprint density at radius 2 is 1.69 bits per heavy atom. The number of pyridine rings is 1. The molecule has 2 bridgehead atoms. The first kappa shape index (κ1) is 36.9. The molecule has 12 nitrogen and oxygen atoms in total. The van der Waals surface area contributed by atoms with Crippen LogP contribution in [0.3, 0.4) is 0 Å². The normalized spacial score (nSPS) is 18.4. The number of phenolic OH excluding ortho intramolecular Hbond substituents is 1. The Bertz CT molecular complexity index is 1950. The minimum absolute atomic E-state index is 0.00180. The number of benzene rings is 3. The fourth-order valence-corrected chi connectivity index (χ4v) is 7.80. The summed E-state index contributed by atoms with van der Waals surface area (Å²) >= 11 is 13.1. The zero-order valence-corrected chi connectivity index (χ0v) is 30.4. The number of para-hydroxylation sites is 1. The van der Waals surface area contributed by atoms with Gasteiger partial charge in [-0.15, -0.1) is 0 Å². The van der Waals surface area contributed by atoms with Crippen molar-refractivity contribution in [1.82, 2.24) is 4.90 Å². The van der Waals surface area contributed by atoms with Crippen LogP contribution in [0.5, 0.6) is 23.0 Å². The number of rotatable bonds is 12. The summed E-state index contributed by atoms with van der Waals surface area (Å²) in [4.78, 5) is 30.6. The molecule has 4 heterocycles. The molecule has 2 atom stereocenters. The highest BCUT2D eigenvalue weighted by molar-refractivity contribution is 6.35. The van der Waals surface area contributed by atoms with E-state index in [0.29, 0.717) is 45.0 Å². The van der Waals surface area contributed by atoms with Gasteiger partial charge in [-0.2, -0.15) is 4.73 Å². The summed E-state index contributed by atoms with van der Waals surface area (Å²) in [6, 6.07) is 14.8. The number of piperidine rings is 3. The van der Waals surface area contributed by atoms with Gasteiger partial charge in [-0.1, -0.05) is 47.5 Å². The molecule has 0 radical (unpaired) electrons. The number of ether oxygens (including phenoxy) is 4. The fraction of sp³-hybridized carbons (Fsp3) is 0.342. The van der Waals surface area contributed by atoms with Crippen LogP contribution in [-0.2, 0) is 17.7 Å². The SMILES string of the molecule is COc1ccc([C@H](Cc2c(Cl)c[n+]([O-])cc2Cl)c2cc(CN(C(=O)O[C@H]3CN4CCC3CC4)c3cccc(O)c3OC)ccc2C(=O)O)cc1OC. The van der Waals surface area contributed by atoms with E-state index < -0.39 is 18.0 Å². The third-order valence-electron chi connectivity index (χ3n) is 9.88. The largest absolute Gasteiger partial charge is 0.619 e. The van der Waals surface area contributed by atoms with Crippen LogP contribution < -0.4 is 23.8 Å². The lowest BCUT2D eigenvalue weighted by atomic mass is 9.82. The number of carbonyl (C=O) groups excluding carboxylic acids is 1. The molecule has 14 heteroatoms. The Kier molecular flexibility index (Phi) is 11.2. The van der Waals surface area contributed by atoms with E-state index in [4.69, 9.17) is 42.1 Å². The number of nitrogens with zero attached hydrogens (tertiary/aromatic N) is 3. The molecule has 4 aromatic rings. The molecule has 7 rings (SSSR count). The second-order valence-electron chi connectivity index (χ2n) is 12.9. The molecule has 3 aliphatic heterocycles. The summed E-state index contributed by atoms with van der Waals surface area (Å²) in [6.45, 7) is 2.52. The Morgan fingerprint density at radius 3 is 2.31 bits per heavy atom. The second-order valence-corrected chi connectivity index (χ2v) is 13.7. The summed E-state index contributed by atoms with van der Waals surface area (Å²) in [5.74, 6) is -0.807. The molecule has 1 aromatic heterocycles. The number of halogens is 2. The first-order valence-corrected chi connectivity index (χ1v) is 17.5. The predicted molar refractivity (Wildman–Crippen MR) is 194 cm³/mol. The zero-order chi connectivity index (χ0) is 37.1. The van der Waals surface area contributed by atoms with Crippen molar-refractivity contribution < 1.29 is 43.5 Å². The number of methoxy groups -OCH3 is 3. The summed E-state index contributed by atoms with van der Waals surface area (Å²) in [7, 11) is 4.41. The van der Waals surface area contributed by atoms with Crippen LogP contribution in [0, 0.1) is 11.1 Å². The van der Waals surface area contributed by atoms with Crippen LogP contribution in [0.1, 0.15) is 51.4 Å². The fourth-order valence-electron chi connectivity index (χ4n) is 7.20. The van der Waals surface area contributed by atoms with Crippen LogP contribution in [0.2, 0.25) is 10.0 Å². The smallest absolute Gasteiger partial charge is 0.415 e. The molecule has 0 unspecified atom stereocenters. The second kappa shape index (κ2) is 15.8. The predicted octanol–water partition coefficient (Wildman–Crippen LogP) is 6.67. The summed E-state index contributed by atoms with van der Waals surface area (Å²) in [5.41, 5.74) is 2.31. The van der Waals surface area contributed by atoms with Gasteiger partial charge in [0.2, 0.25) is 0 Å². The highest BCUT2D eigenvalue weighted by atomic mass is 35.5. The van der Waals surface area contributed by atoms with Crippen molar-refractivity contribution in [1.29, 1.82) is 0 Å². The number of hydrogen-bond donors (Lipinski definition) is 2. The highest BCUT2D eigenvalue weighted by Gasteiger charge is 2.38. The number of aromatic hydroxyl groups is 1. The summed E-state index contributed by atoms with van der Waals surface area (Å²) < 4.78 is 23.2. The number of anilines is 1. The maximum atomic E-state index is 14.1. The lowest BCUT2D eigenvalue weighted by Crippen LogP contribution is -2.53. The van der Waals surface area contributed by atoms with Crippen molar-refractivity contribution in [2.45, 2.75) is 37.8 Å². The molecule has 3 fully saturated rings. The number of carbonyl (C=O) groups is 2. The van der Waals surface area contributed by atoms with Gasteiger partial charge in [0.1, 0.15) is 16.1 Å². The molecule has 52 heavy (non-hydrogen) atoms. The molecule has 3 aromatic carbocycles. The minimum atomic E-state index is -1.18. The number of carboxylic acids is 1. The number of hydrogen-bond acceptors (Lipinski definition) is 9. The van der Waals surface area contributed by atoms with Crippen LogP contribution in [0.4, 0.5) is 10.5 Å². The summed E-state index contributed by atoms with van der Waals surface area (Å²) in [6.07, 6.45) is 3.42. The molecule has 274 valence electrons. The third kappa shape index (κ3) is 7.64. The molecule has 1 amide bonds. The lowest BCUT2D eigenvalue weighted by Gasteiger charge is -2.44. The molecule has 0 aliphatic carbocycles. The van der Waals surface area contributed by atoms with Crippen LogP contribution in [-0.4, -0.2) is 74.2 Å². The third-order valence-corrected chi connectivity index (χ3v) is 10.5. The van der Waals surface area contributed by atoms with Crippen molar-refractivity contribution in [3.05, 3.63) is 110 Å². The van der Waals surface area contributed by atoms with Gasteiger partial charge in [-0.05, 0) is 85.3 Å². The Balaban J connectivity index is 1.46. The zero-order valence-electron chi connectivity index (χ0n) is 28.9. The van der Waals surface area contributed by atoms with E-state index in [1.54, 1.807) is 42.5 Å². The summed E-state index contributed by atoms with van der Waals surface area (Å²) in [5, 5.41) is 33.5. The minimum Gasteiger partial charge on any atom is -0.619 e.